The molecule has 0 fully saturated rings. The molecule has 0 saturated carbocycles. The van der Waals surface area contributed by atoms with E-state index in [-0.39, 0.29) is 5.54 Å². The van der Waals surface area contributed by atoms with Crippen molar-refractivity contribution in [1.29, 1.82) is 0 Å². The quantitative estimate of drug-likeness (QED) is 0.419. The Morgan fingerprint density at radius 3 is 2.10 bits per heavy atom. The van der Waals surface area contributed by atoms with Crippen LogP contribution in [-0.4, -0.2) is 22.0 Å². The molecule has 2 aromatic heterocycles. The Kier molecular flexibility index (Phi) is 4.97. The lowest BCUT2D eigenvalue weighted by Gasteiger charge is -2.22. The highest BCUT2D eigenvalue weighted by Gasteiger charge is 2.19. The minimum Gasteiger partial charge on any atom is -0.497 e. The van der Waals surface area contributed by atoms with Gasteiger partial charge in [-0.25, -0.2) is 4.98 Å². The number of benzene rings is 2. The second kappa shape index (κ2) is 7.45. The number of methoxy groups -OCH3 is 1. The smallest absolute Gasteiger partial charge is 0.139 e. The topological polar surface area (TPSA) is 38.6 Å². The maximum Gasteiger partial charge on any atom is 0.139 e. The van der Waals surface area contributed by atoms with Crippen molar-refractivity contribution in [2.75, 3.05) is 12.4 Å². The summed E-state index contributed by atoms with van der Waals surface area (Å²) in [5, 5.41) is 4.34. The Hall–Kier alpha value is -2.98. The molecule has 4 nitrogen and oxygen atoms in total. The number of anilines is 1. The summed E-state index contributed by atoms with van der Waals surface area (Å²) in [6.07, 6.45) is 2.12. The van der Waals surface area contributed by atoms with Gasteiger partial charge in [0.15, 0.2) is 0 Å². The number of halogens is 1. The maximum atomic E-state index is 6.08. The number of hydrogen-bond acceptors (Lipinski definition) is 3. The Labute approximate surface area is 176 Å². The van der Waals surface area contributed by atoms with Crippen LogP contribution < -0.4 is 10.1 Å². The first-order chi connectivity index (χ1) is 13.8. The Bertz CT molecular complexity index is 1140. The molecule has 1 N–H and O–H groups in total. The fourth-order valence-electron chi connectivity index (χ4n) is 3.28. The molecule has 0 aliphatic heterocycles. The summed E-state index contributed by atoms with van der Waals surface area (Å²) in [6, 6.07) is 20.0. The van der Waals surface area contributed by atoms with E-state index in [1.165, 1.54) is 0 Å². The molecule has 0 unspecified atom stereocenters. The first-order valence-electron chi connectivity index (χ1n) is 9.55. The molecular formula is C24H24ClN3O. The van der Waals surface area contributed by atoms with E-state index in [0.717, 1.165) is 39.6 Å². The van der Waals surface area contributed by atoms with Gasteiger partial charge in [0.1, 0.15) is 22.9 Å². The van der Waals surface area contributed by atoms with Crippen LogP contribution in [0.5, 0.6) is 5.75 Å². The minimum atomic E-state index is -0.118. The molecule has 0 atom stereocenters. The number of rotatable bonds is 4. The number of aromatic nitrogens is 2. The lowest BCUT2D eigenvalue weighted by Crippen LogP contribution is -2.27. The lowest BCUT2D eigenvalue weighted by atomic mass is 10.1. The van der Waals surface area contributed by atoms with Crippen molar-refractivity contribution >= 4 is 23.1 Å². The van der Waals surface area contributed by atoms with Gasteiger partial charge in [-0.3, -0.25) is 4.40 Å². The van der Waals surface area contributed by atoms with Gasteiger partial charge in [-0.2, -0.15) is 0 Å². The van der Waals surface area contributed by atoms with Crippen LogP contribution in [0.25, 0.3) is 28.0 Å². The molecule has 4 rings (SSSR count). The lowest BCUT2D eigenvalue weighted by molar-refractivity contribution is 0.415. The fraction of sp³-hybridized carbons (Fsp3) is 0.208. The van der Waals surface area contributed by atoms with Gasteiger partial charge in [-0.1, -0.05) is 35.9 Å². The summed E-state index contributed by atoms with van der Waals surface area (Å²) in [5.41, 5.74) is 4.93. The van der Waals surface area contributed by atoms with Crippen molar-refractivity contribution in [2.24, 2.45) is 0 Å². The van der Waals surface area contributed by atoms with E-state index in [1.807, 2.05) is 42.5 Å². The van der Waals surface area contributed by atoms with Crippen LogP contribution in [-0.2, 0) is 0 Å². The zero-order chi connectivity index (χ0) is 20.6. The van der Waals surface area contributed by atoms with Crippen molar-refractivity contribution in [1.82, 2.24) is 9.38 Å². The van der Waals surface area contributed by atoms with Crippen molar-refractivity contribution < 1.29 is 4.74 Å². The average Bonchev–Trinajstić information content (AvgIpc) is 3.05. The van der Waals surface area contributed by atoms with Gasteiger partial charge in [0.25, 0.3) is 0 Å². The molecule has 29 heavy (non-hydrogen) atoms. The van der Waals surface area contributed by atoms with Gasteiger partial charge in [-0.15, -0.1) is 0 Å². The highest BCUT2D eigenvalue weighted by atomic mass is 35.5. The van der Waals surface area contributed by atoms with Gasteiger partial charge in [0.2, 0.25) is 0 Å². The third-order valence-corrected chi connectivity index (χ3v) is 4.90. The van der Waals surface area contributed by atoms with Crippen LogP contribution in [0, 0.1) is 0 Å². The van der Waals surface area contributed by atoms with Gasteiger partial charge >= 0.3 is 0 Å². The highest BCUT2D eigenvalue weighted by Crippen LogP contribution is 2.33. The van der Waals surface area contributed by atoms with Gasteiger partial charge in [0, 0.05) is 22.3 Å². The van der Waals surface area contributed by atoms with Crippen molar-refractivity contribution in [3.8, 4) is 28.1 Å². The normalized spacial score (nSPS) is 11.6. The summed E-state index contributed by atoms with van der Waals surface area (Å²) < 4.78 is 7.40. The van der Waals surface area contributed by atoms with Crippen molar-refractivity contribution in [3.63, 3.8) is 0 Å². The zero-order valence-corrected chi connectivity index (χ0v) is 17.8. The fourth-order valence-corrected chi connectivity index (χ4v) is 3.41. The van der Waals surface area contributed by atoms with Crippen LogP contribution in [0.1, 0.15) is 20.8 Å². The molecule has 0 amide bonds. The first-order valence-corrected chi connectivity index (χ1v) is 9.92. The number of hydrogen-bond donors (Lipinski definition) is 1. The molecule has 0 bridgehead atoms. The predicted octanol–water partition coefficient (Wildman–Crippen LogP) is 6.54. The molecule has 0 radical (unpaired) electrons. The largest absolute Gasteiger partial charge is 0.497 e. The minimum absolute atomic E-state index is 0.118. The molecule has 4 aromatic rings. The van der Waals surface area contributed by atoms with Crippen molar-refractivity contribution in [3.05, 3.63) is 71.9 Å². The summed E-state index contributed by atoms with van der Waals surface area (Å²) in [7, 11) is 1.68. The average molecular weight is 406 g/mol. The molecular weight excluding hydrogens is 382 g/mol. The van der Waals surface area contributed by atoms with Crippen LogP contribution >= 0.6 is 11.6 Å². The van der Waals surface area contributed by atoms with E-state index in [0.29, 0.717) is 5.02 Å². The second-order valence-corrected chi connectivity index (χ2v) is 8.50. The number of ether oxygens (including phenoxy) is 1. The molecule has 2 aromatic carbocycles. The standard InChI is InChI=1S/C24H24ClN3O/c1-24(2,3)27-23-22(17-5-10-19(25)11-6-17)26-21-14-9-18(15-28(21)23)16-7-12-20(29-4)13-8-16/h5-15,27H,1-4H3. The first kappa shape index (κ1) is 19.3. The van der Waals surface area contributed by atoms with E-state index in [1.54, 1.807) is 7.11 Å². The van der Waals surface area contributed by atoms with Crippen LogP contribution in [0.2, 0.25) is 5.02 Å². The van der Waals surface area contributed by atoms with E-state index in [4.69, 9.17) is 21.3 Å². The molecule has 0 aliphatic carbocycles. The Morgan fingerprint density at radius 2 is 1.48 bits per heavy atom. The Balaban J connectivity index is 1.87. The SMILES string of the molecule is COc1ccc(-c2ccc3nc(-c4ccc(Cl)cc4)c(NC(C)(C)C)n3c2)cc1. The summed E-state index contributed by atoms with van der Waals surface area (Å²) in [4.78, 5) is 4.90. The molecule has 148 valence electrons. The molecule has 5 heteroatoms. The monoisotopic (exact) mass is 405 g/mol. The van der Waals surface area contributed by atoms with Crippen molar-refractivity contribution in [2.45, 2.75) is 26.3 Å². The summed E-state index contributed by atoms with van der Waals surface area (Å²) in [5.74, 6) is 1.81. The predicted molar refractivity (Wildman–Crippen MR) is 121 cm³/mol. The molecule has 0 aliphatic rings. The zero-order valence-electron chi connectivity index (χ0n) is 17.0. The van der Waals surface area contributed by atoms with Crippen LogP contribution in [0.4, 0.5) is 5.82 Å². The number of fused-ring (bicyclic) bond motifs is 1. The van der Waals surface area contributed by atoms with Crippen LogP contribution in [0.15, 0.2) is 66.9 Å². The Morgan fingerprint density at radius 1 is 0.862 bits per heavy atom. The third kappa shape index (κ3) is 4.08. The van der Waals surface area contributed by atoms with Gasteiger partial charge in [-0.05, 0) is 68.3 Å². The maximum absolute atomic E-state index is 6.08. The third-order valence-electron chi connectivity index (χ3n) is 4.65. The number of pyridine rings is 1. The number of imidazole rings is 1. The van der Waals surface area contributed by atoms with Gasteiger partial charge in [0.05, 0.1) is 7.11 Å². The van der Waals surface area contributed by atoms with E-state index < -0.39 is 0 Å². The number of nitrogens with one attached hydrogen (secondary N) is 1. The second-order valence-electron chi connectivity index (χ2n) is 8.07. The molecule has 0 spiro atoms. The summed E-state index contributed by atoms with van der Waals surface area (Å²) >= 11 is 6.08. The van der Waals surface area contributed by atoms with Gasteiger partial charge < -0.3 is 10.1 Å². The van der Waals surface area contributed by atoms with E-state index in [2.05, 4.69) is 54.9 Å². The van der Waals surface area contributed by atoms with E-state index >= 15 is 0 Å². The molecule has 0 saturated heterocycles. The van der Waals surface area contributed by atoms with E-state index in [9.17, 15) is 0 Å². The number of nitrogens with zero attached hydrogens (tertiary/aromatic N) is 2. The summed E-state index contributed by atoms with van der Waals surface area (Å²) in [6.45, 7) is 6.43. The molecule has 2 heterocycles. The highest BCUT2D eigenvalue weighted by molar-refractivity contribution is 6.30. The van der Waals surface area contributed by atoms with Crippen LogP contribution in [0.3, 0.4) is 0 Å².